The van der Waals surface area contributed by atoms with Gasteiger partial charge in [0, 0.05) is 13.0 Å². The number of anilines is 1. The molecule has 110 valence electrons. The fraction of sp³-hybridized carbons (Fsp3) is 0.643. The van der Waals surface area contributed by atoms with E-state index < -0.39 is 5.97 Å². The maximum Gasteiger partial charge on any atom is 0.356 e. The Morgan fingerprint density at radius 3 is 2.65 bits per heavy atom. The lowest BCUT2D eigenvalue weighted by Gasteiger charge is -2.31. The van der Waals surface area contributed by atoms with Crippen molar-refractivity contribution in [3.8, 4) is 0 Å². The average Bonchev–Trinajstić information content (AvgIpc) is 2.84. The molecule has 0 aliphatic heterocycles. The lowest BCUT2D eigenvalue weighted by molar-refractivity contribution is 0.0687. The molecule has 2 rings (SSSR count). The number of aromatic nitrogens is 1. The first-order valence-corrected chi connectivity index (χ1v) is 7.86. The molecule has 2 N–H and O–H groups in total. The van der Waals surface area contributed by atoms with Crippen LogP contribution in [0.5, 0.6) is 0 Å². The zero-order valence-electron chi connectivity index (χ0n) is 11.8. The molecule has 1 fully saturated rings. The molecule has 5 nitrogen and oxygen atoms in total. The highest BCUT2D eigenvalue weighted by Crippen LogP contribution is 2.31. The van der Waals surface area contributed by atoms with Gasteiger partial charge in [-0.2, -0.15) is 0 Å². The van der Waals surface area contributed by atoms with Gasteiger partial charge in [-0.3, -0.25) is 4.79 Å². The topological polar surface area (TPSA) is 79.3 Å². The summed E-state index contributed by atoms with van der Waals surface area (Å²) in [6.45, 7) is 3.55. The van der Waals surface area contributed by atoms with Crippen molar-refractivity contribution in [2.75, 3.05) is 5.32 Å². The predicted octanol–water partition coefficient (Wildman–Crippen LogP) is 3.42. The Bertz CT molecular complexity index is 481. The molecule has 1 heterocycles. The van der Waals surface area contributed by atoms with Gasteiger partial charge in [0.25, 0.3) is 0 Å². The summed E-state index contributed by atoms with van der Waals surface area (Å²) in [6, 6.07) is 0.335. The molecule has 20 heavy (non-hydrogen) atoms. The largest absolute Gasteiger partial charge is 0.476 e. The number of hydrogen-bond acceptors (Lipinski definition) is 5. The highest BCUT2D eigenvalue weighted by atomic mass is 32.1. The van der Waals surface area contributed by atoms with Crippen molar-refractivity contribution in [1.82, 2.24) is 4.98 Å². The van der Waals surface area contributed by atoms with Gasteiger partial charge >= 0.3 is 5.97 Å². The van der Waals surface area contributed by atoms with E-state index in [9.17, 15) is 9.59 Å². The van der Waals surface area contributed by atoms with Crippen LogP contribution in [-0.2, 0) is 0 Å². The first-order chi connectivity index (χ1) is 9.52. The van der Waals surface area contributed by atoms with Crippen molar-refractivity contribution in [3.63, 3.8) is 0 Å². The lowest BCUT2D eigenvalue weighted by Crippen LogP contribution is -2.31. The zero-order chi connectivity index (χ0) is 14.7. The van der Waals surface area contributed by atoms with Gasteiger partial charge in [0.05, 0.1) is 0 Å². The van der Waals surface area contributed by atoms with Crippen LogP contribution in [0, 0.1) is 5.92 Å². The zero-order valence-corrected chi connectivity index (χ0v) is 12.6. The minimum atomic E-state index is -1.14. The molecule has 1 saturated carbocycles. The van der Waals surface area contributed by atoms with E-state index in [1.54, 1.807) is 0 Å². The number of Topliss-reactive ketones (excluding diaryl/α,β-unsaturated/α-hetero) is 1. The van der Waals surface area contributed by atoms with Crippen molar-refractivity contribution < 1.29 is 14.7 Å². The smallest absolute Gasteiger partial charge is 0.356 e. The first kappa shape index (κ1) is 15.0. The van der Waals surface area contributed by atoms with Gasteiger partial charge in [0.1, 0.15) is 4.88 Å². The van der Waals surface area contributed by atoms with Gasteiger partial charge in [-0.25, -0.2) is 9.78 Å². The van der Waals surface area contributed by atoms with E-state index >= 15 is 0 Å². The number of ketones is 1. The molecule has 1 aromatic heterocycles. The minimum absolute atomic E-state index is 0.131. The van der Waals surface area contributed by atoms with Crippen LogP contribution < -0.4 is 5.32 Å². The Labute approximate surface area is 122 Å². The van der Waals surface area contributed by atoms with Gasteiger partial charge in [-0.1, -0.05) is 37.5 Å². The van der Waals surface area contributed by atoms with E-state index in [0.717, 1.165) is 24.2 Å². The Hall–Kier alpha value is -1.43. The maximum absolute atomic E-state index is 11.5. The third-order valence-corrected chi connectivity index (χ3v) is 4.98. The summed E-state index contributed by atoms with van der Waals surface area (Å²) in [6.07, 6.45) is 5.83. The Morgan fingerprint density at radius 1 is 1.40 bits per heavy atom. The molecule has 6 heteroatoms. The van der Waals surface area contributed by atoms with Crippen molar-refractivity contribution in [2.24, 2.45) is 5.92 Å². The molecule has 0 spiro atoms. The van der Waals surface area contributed by atoms with Crippen LogP contribution in [-0.4, -0.2) is 27.9 Å². The molecule has 1 aromatic rings. The van der Waals surface area contributed by atoms with Crippen LogP contribution in [0.3, 0.4) is 0 Å². The van der Waals surface area contributed by atoms with Crippen molar-refractivity contribution >= 4 is 28.2 Å². The van der Waals surface area contributed by atoms with Crippen molar-refractivity contribution in [1.29, 1.82) is 0 Å². The molecule has 2 atom stereocenters. The summed E-state index contributed by atoms with van der Waals surface area (Å²) in [5, 5.41) is 13.0. The Morgan fingerprint density at radius 2 is 2.10 bits per heavy atom. The quantitative estimate of drug-likeness (QED) is 0.814. The highest BCUT2D eigenvalue weighted by Gasteiger charge is 2.26. The van der Waals surface area contributed by atoms with Crippen LogP contribution in [0.15, 0.2) is 0 Å². The molecule has 0 radical (unpaired) electrons. The number of hydrogen-bond donors (Lipinski definition) is 2. The van der Waals surface area contributed by atoms with Crippen LogP contribution in [0.25, 0.3) is 0 Å². The average molecular weight is 296 g/mol. The molecule has 0 amide bonds. The summed E-state index contributed by atoms with van der Waals surface area (Å²) in [7, 11) is 0. The van der Waals surface area contributed by atoms with E-state index in [4.69, 9.17) is 5.11 Å². The van der Waals surface area contributed by atoms with E-state index in [1.807, 2.05) is 0 Å². The number of thiazole rings is 1. The number of carboxylic acids is 1. The second kappa shape index (κ2) is 6.35. The maximum atomic E-state index is 11.5. The normalized spacial score (nSPS) is 22.5. The number of aromatic carboxylic acids is 1. The van der Waals surface area contributed by atoms with Gasteiger partial charge in [-0.05, 0) is 18.8 Å². The number of carbonyl (C=O) groups excluding carboxylic acids is 1. The molecule has 0 aromatic carbocycles. The van der Waals surface area contributed by atoms with E-state index in [2.05, 4.69) is 17.2 Å². The fourth-order valence-corrected chi connectivity index (χ4v) is 3.72. The number of nitrogens with one attached hydrogen (secondary N) is 1. The third kappa shape index (κ3) is 3.17. The van der Waals surface area contributed by atoms with Crippen molar-refractivity contribution in [2.45, 2.75) is 52.0 Å². The summed E-state index contributed by atoms with van der Waals surface area (Å²) in [4.78, 5) is 26.9. The standard InChI is InChI=1S/C14H20N2O3S/c1-3-9-6-4-5-7-10(9)15-14-16-11(13(18)19)12(20-14)8(2)17/h9-10H,3-7H2,1-2H3,(H,15,16)(H,18,19). The minimum Gasteiger partial charge on any atom is -0.476 e. The van der Waals surface area contributed by atoms with E-state index in [1.165, 1.54) is 26.2 Å². The van der Waals surface area contributed by atoms with Gasteiger partial charge in [0.15, 0.2) is 16.6 Å². The summed E-state index contributed by atoms with van der Waals surface area (Å²) in [5.41, 5.74) is -0.131. The van der Waals surface area contributed by atoms with E-state index in [0.29, 0.717) is 17.1 Å². The summed E-state index contributed by atoms with van der Waals surface area (Å²) in [5.74, 6) is -0.791. The summed E-state index contributed by atoms with van der Waals surface area (Å²) < 4.78 is 0. The Kier molecular flexibility index (Phi) is 4.75. The fourth-order valence-electron chi connectivity index (χ4n) is 2.81. The number of carbonyl (C=O) groups is 2. The number of rotatable bonds is 5. The number of carboxylic acid groups (broad SMARTS) is 1. The number of nitrogens with zero attached hydrogens (tertiary/aromatic N) is 1. The molecule has 0 saturated heterocycles. The lowest BCUT2D eigenvalue weighted by atomic mass is 9.83. The predicted molar refractivity (Wildman–Crippen MR) is 78.7 cm³/mol. The van der Waals surface area contributed by atoms with Crippen LogP contribution in [0.1, 0.15) is 66.1 Å². The van der Waals surface area contributed by atoms with Gasteiger partial charge in [0.2, 0.25) is 0 Å². The van der Waals surface area contributed by atoms with Gasteiger partial charge < -0.3 is 10.4 Å². The van der Waals surface area contributed by atoms with Crippen molar-refractivity contribution in [3.05, 3.63) is 10.6 Å². The SMILES string of the molecule is CCC1CCCCC1Nc1nc(C(=O)O)c(C(C)=O)s1. The van der Waals surface area contributed by atoms with Crippen LogP contribution in [0.2, 0.25) is 0 Å². The monoisotopic (exact) mass is 296 g/mol. The van der Waals surface area contributed by atoms with E-state index in [-0.39, 0.29) is 16.4 Å². The molecular weight excluding hydrogens is 276 g/mol. The van der Waals surface area contributed by atoms with Crippen LogP contribution in [0.4, 0.5) is 5.13 Å². The second-order valence-corrected chi connectivity index (χ2v) is 6.26. The molecule has 1 aliphatic carbocycles. The van der Waals surface area contributed by atoms with Gasteiger partial charge in [-0.15, -0.1) is 0 Å². The van der Waals surface area contributed by atoms with Crippen LogP contribution >= 0.6 is 11.3 Å². The molecule has 2 unspecified atom stereocenters. The first-order valence-electron chi connectivity index (χ1n) is 7.04. The summed E-state index contributed by atoms with van der Waals surface area (Å²) >= 11 is 1.15. The molecule has 1 aliphatic rings. The molecular formula is C14H20N2O3S. The highest BCUT2D eigenvalue weighted by molar-refractivity contribution is 7.17. The Balaban J connectivity index is 2.18. The molecule has 0 bridgehead atoms. The third-order valence-electron chi connectivity index (χ3n) is 3.89. The second-order valence-electron chi connectivity index (χ2n) is 5.26.